The predicted molar refractivity (Wildman–Crippen MR) is 105 cm³/mol. The van der Waals surface area contributed by atoms with E-state index in [2.05, 4.69) is 17.2 Å². The molecule has 0 saturated heterocycles. The van der Waals surface area contributed by atoms with Gasteiger partial charge in [0.05, 0.1) is 6.61 Å². The number of hydrogen-bond donors (Lipinski definition) is 5. The lowest BCUT2D eigenvalue weighted by molar-refractivity contribution is -0.130. The molecule has 0 heterocycles. The quantitative estimate of drug-likeness (QED) is 0.289. The van der Waals surface area contributed by atoms with Crippen molar-refractivity contribution in [1.82, 2.24) is 10.8 Å². The summed E-state index contributed by atoms with van der Waals surface area (Å²) in [7, 11) is 0. The third-order valence-electron chi connectivity index (χ3n) is 3.85. The van der Waals surface area contributed by atoms with E-state index in [9.17, 15) is 9.59 Å². The van der Waals surface area contributed by atoms with Gasteiger partial charge in [0.15, 0.2) is 0 Å². The molecule has 0 aliphatic rings. The van der Waals surface area contributed by atoms with E-state index in [1.165, 1.54) is 5.48 Å². The number of rotatable bonds is 6. The van der Waals surface area contributed by atoms with Gasteiger partial charge >= 0.3 is 0 Å². The first-order chi connectivity index (χ1) is 13.6. The van der Waals surface area contributed by atoms with E-state index >= 15 is 0 Å². The van der Waals surface area contributed by atoms with Crippen molar-refractivity contribution in [2.75, 3.05) is 6.54 Å². The minimum absolute atomic E-state index is 0.0132. The number of carbonyl (C=O) groups is 2. The summed E-state index contributed by atoms with van der Waals surface area (Å²) < 4.78 is 0. The van der Waals surface area contributed by atoms with Gasteiger partial charge < -0.3 is 16.2 Å². The van der Waals surface area contributed by atoms with Crippen molar-refractivity contribution in [1.29, 1.82) is 0 Å². The molecule has 144 valence electrons. The minimum Gasteiger partial charge on any atom is -0.392 e. The molecule has 0 radical (unpaired) electrons. The maximum Gasteiger partial charge on any atom is 0.267 e. The van der Waals surface area contributed by atoms with E-state index in [1.807, 2.05) is 30.3 Å². The van der Waals surface area contributed by atoms with Crippen LogP contribution >= 0.6 is 0 Å². The van der Waals surface area contributed by atoms with Crippen LogP contribution in [0.4, 0.5) is 0 Å². The Balaban J connectivity index is 1.97. The molecule has 2 amide bonds. The van der Waals surface area contributed by atoms with E-state index in [-0.39, 0.29) is 13.2 Å². The molecule has 28 heavy (non-hydrogen) atoms. The Morgan fingerprint density at radius 3 is 2.36 bits per heavy atom. The lowest BCUT2D eigenvalue weighted by Gasteiger charge is -2.14. The monoisotopic (exact) mass is 379 g/mol. The SMILES string of the molecule is NC[C@H](NC(=O)c1ccc(C#C/C=C/c2ccc(CO)cc2)cc1)C(=O)NO. The van der Waals surface area contributed by atoms with Gasteiger partial charge in [-0.15, -0.1) is 0 Å². The Morgan fingerprint density at radius 1 is 1.11 bits per heavy atom. The molecule has 0 aliphatic heterocycles. The van der Waals surface area contributed by atoms with E-state index in [4.69, 9.17) is 16.0 Å². The first-order valence-electron chi connectivity index (χ1n) is 8.50. The van der Waals surface area contributed by atoms with Crippen LogP contribution in [-0.2, 0) is 11.4 Å². The van der Waals surface area contributed by atoms with E-state index in [0.29, 0.717) is 5.56 Å². The van der Waals surface area contributed by atoms with Crippen LogP contribution in [0.1, 0.15) is 27.0 Å². The van der Waals surface area contributed by atoms with Gasteiger partial charge in [-0.3, -0.25) is 14.8 Å². The summed E-state index contributed by atoms with van der Waals surface area (Å²) in [5.74, 6) is 4.61. The number of carbonyl (C=O) groups excluding carboxylic acids is 2. The summed E-state index contributed by atoms with van der Waals surface area (Å²) in [6, 6.07) is 13.0. The number of aliphatic hydroxyl groups is 1. The zero-order valence-corrected chi connectivity index (χ0v) is 15.1. The first-order valence-corrected chi connectivity index (χ1v) is 8.50. The summed E-state index contributed by atoms with van der Waals surface area (Å²) >= 11 is 0. The number of hydroxylamine groups is 1. The number of benzene rings is 2. The molecule has 0 aromatic heterocycles. The Kier molecular flexibility index (Phi) is 7.93. The number of nitrogens with two attached hydrogens (primary N) is 1. The molecule has 0 bridgehead atoms. The molecule has 0 unspecified atom stereocenters. The summed E-state index contributed by atoms with van der Waals surface area (Å²) in [5, 5.41) is 20.1. The Morgan fingerprint density at radius 2 is 1.79 bits per heavy atom. The zero-order chi connectivity index (χ0) is 20.4. The van der Waals surface area contributed by atoms with E-state index in [0.717, 1.165) is 16.7 Å². The lowest BCUT2D eigenvalue weighted by Crippen LogP contribution is -2.50. The molecule has 2 aromatic rings. The summed E-state index contributed by atoms with van der Waals surface area (Å²) in [6.45, 7) is -0.129. The molecule has 7 heteroatoms. The molecule has 2 aromatic carbocycles. The summed E-state index contributed by atoms with van der Waals surface area (Å²) in [4.78, 5) is 23.5. The zero-order valence-electron chi connectivity index (χ0n) is 15.1. The molecular weight excluding hydrogens is 358 g/mol. The van der Waals surface area contributed by atoms with Crippen LogP contribution in [-0.4, -0.2) is 34.7 Å². The molecule has 0 saturated carbocycles. The van der Waals surface area contributed by atoms with Crippen molar-refractivity contribution in [3.05, 3.63) is 76.9 Å². The molecule has 7 nitrogen and oxygen atoms in total. The molecule has 0 aliphatic carbocycles. The summed E-state index contributed by atoms with van der Waals surface area (Å²) in [5.41, 5.74) is 9.75. The number of amides is 2. The highest BCUT2D eigenvalue weighted by molar-refractivity contribution is 5.97. The van der Waals surface area contributed by atoms with E-state index in [1.54, 1.807) is 30.3 Å². The molecule has 0 fully saturated rings. The average Bonchev–Trinajstić information content (AvgIpc) is 2.75. The van der Waals surface area contributed by atoms with Crippen LogP contribution in [0.3, 0.4) is 0 Å². The third kappa shape index (κ3) is 6.07. The van der Waals surface area contributed by atoms with E-state index < -0.39 is 17.9 Å². The van der Waals surface area contributed by atoms with Crippen LogP contribution in [0.5, 0.6) is 0 Å². The topological polar surface area (TPSA) is 125 Å². The summed E-state index contributed by atoms with van der Waals surface area (Å²) in [6.07, 6.45) is 3.57. The fraction of sp³-hybridized carbons (Fsp3) is 0.143. The van der Waals surface area contributed by atoms with Crippen molar-refractivity contribution >= 4 is 17.9 Å². The average molecular weight is 379 g/mol. The van der Waals surface area contributed by atoms with Gasteiger partial charge in [0, 0.05) is 17.7 Å². The van der Waals surface area contributed by atoms with Crippen LogP contribution in [0.15, 0.2) is 54.6 Å². The minimum atomic E-state index is -1.02. The van der Waals surface area contributed by atoms with Crippen molar-refractivity contribution in [3.63, 3.8) is 0 Å². The number of nitrogens with one attached hydrogen (secondary N) is 2. The highest BCUT2D eigenvalue weighted by atomic mass is 16.5. The van der Waals surface area contributed by atoms with Crippen molar-refractivity contribution < 1.29 is 19.9 Å². The second-order valence-electron chi connectivity index (χ2n) is 5.82. The molecule has 6 N–H and O–H groups in total. The fourth-order valence-electron chi connectivity index (χ4n) is 2.25. The van der Waals surface area contributed by atoms with Crippen LogP contribution in [0.2, 0.25) is 0 Å². The molecule has 2 rings (SSSR count). The largest absolute Gasteiger partial charge is 0.392 e. The van der Waals surface area contributed by atoms with Crippen molar-refractivity contribution in [2.24, 2.45) is 5.73 Å². The maximum atomic E-state index is 12.1. The second-order valence-corrected chi connectivity index (χ2v) is 5.82. The van der Waals surface area contributed by atoms with Crippen LogP contribution in [0, 0.1) is 11.8 Å². The van der Waals surface area contributed by atoms with Gasteiger partial charge in [-0.2, -0.15) is 0 Å². The molecular formula is C21H21N3O4. The molecule has 1 atom stereocenters. The fourth-order valence-corrected chi connectivity index (χ4v) is 2.25. The van der Waals surface area contributed by atoms with Gasteiger partial charge in [-0.05, 0) is 47.5 Å². The highest BCUT2D eigenvalue weighted by Crippen LogP contribution is 2.06. The Hall–Kier alpha value is -3.44. The van der Waals surface area contributed by atoms with Crippen LogP contribution in [0.25, 0.3) is 6.08 Å². The lowest BCUT2D eigenvalue weighted by atomic mass is 10.1. The third-order valence-corrected chi connectivity index (χ3v) is 3.85. The van der Waals surface area contributed by atoms with Crippen molar-refractivity contribution in [3.8, 4) is 11.8 Å². The van der Waals surface area contributed by atoms with Gasteiger partial charge in [0.25, 0.3) is 11.8 Å². The van der Waals surface area contributed by atoms with Crippen LogP contribution < -0.4 is 16.5 Å². The predicted octanol–water partition coefficient (Wildman–Crippen LogP) is 0.806. The number of hydrogen-bond acceptors (Lipinski definition) is 5. The first kappa shape index (κ1) is 20.9. The van der Waals surface area contributed by atoms with Gasteiger partial charge in [-0.1, -0.05) is 36.1 Å². The smallest absolute Gasteiger partial charge is 0.267 e. The second kappa shape index (κ2) is 10.6. The van der Waals surface area contributed by atoms with Gasteiger partial charge in [0.1, 0.15) is 6.04 Å². The maximum absolute atomic E-state index is 12.1. The number of allylic oxidation sites excluding steroid dienone is 1. The standard InChI is InChI=1S/C21H21N3O4/c22-13-19(21(27)24-28)23-20(26)18-11-9-16(10-12-18)4-2-1-3-15-5-7-17(14-25)8-6-15/h1,3,5-12,19,25,28H,13-14,22H2,(H,23,26)(H,24,27)/b3-1+/t19-/m0/s1. The van der Waals surface area contributed by atoms with Gasteiger partial charge in [-0.25, -0.2) is 5.48 Å². The normalized spacial score (nSPS) is 11.4. The Bertz CT molecular complexity index is 894. The Labute approximate surface area is 162 Å². The highest BCUT2D eigenvalue weighted by Gasteiger charge is 2.19. The molecule has 0 spiro atoms. The number of aliphatic hydroxyl groups excluding tert-OH is 1. The van der Waals surface area contributed by atoms with Crippen molar-refractivity contribution in [2.45, 2.75) is 12.6 Å². The van der Waals surface area contributed by atoms with Gasteiger partial charge in [0.2, 0.25) is 0 Å².